The predicted molar refractivity (Wildman–Crippen MR) is 81.7 cm³/mol. The lowest BCUT2D eigenvalue weighted by molar-refractivity contribution is -0.145. The molecule has 0 saturated carbocycles. The molecule has 1 unspecified atom stereocenters. The van der Waals surface area contributed by atoms with Crippen LogP contribution in [0.1, 0.15) is 30.6 Å². The van der Waals surface area contributed by atoms with Crippen molar-refractivity contribution >= 4 is 5.97 Å². The number of carbonyl (C=O) groups excluding carboxylic acids is 1. The molecule has 1 N–H and O–H groups in total. The van der Waals surface area contributed by atoms with Gasteiger partial charge in [-0.25, -0.2) is 8.78 Å². The maximum Gasteiger partial charge on any atom is 0.309 e. The van der Waals surface area contributed by atoms with E-state index in [4.69, 9.17) is 14.7 Å². The van der Waals surface area contributed by atoms with Crippen molar-refractivity contribution in [2.24, 2.45) is 0 Å². The van der Waals surface area contributed by atoms with E-state index in [0.717, 1.165) is 12.1 Å². The number of nitrogens with one attached hydrogen (secondary N) is 1. The zero-order chi connectivity index (χ0) is 18.1. The average molecular weight is 346 g/mol. The van der Waals surface area contributed by atoms with Crippen LogP contribution in [0.2, 0.25) is 0 Å². The molecule has 0 spiro atoms. The molecule has 0 bridgehead atoms. The van der Waals surface area contributed by atoms with Crippen molar-refractivity contribution in [3.8, 4) is 23.1 Å². The third kappa shape index (κ3) is 2.96. The van der Waals surface area contributed by atoms with E-state index < -0.39 is 29.3 Å². The van der Waals surface area contributed by atoms with Gasteiger partial charge in [0.2, 0.25) is 0 Å². The quantitative estimate of drug-likeness (QED) is 0.863. The second-order valence-corrected chi connectivity index (χ2v) is 5.33. The minimum Gasteiger partial charge on any atom is -0.484 e. The third-order valence-electron chi connectivity index (χ3n) is 3.76. The zero-order valence-corrected chi connectivity index (χ0v) is 13.1. The highest BCUT2D eigenvalue weighted by Gasteiger charge is 2.31. The minimum atomic E-state index is -1.12. The summed E-state index contributed by atoms with van der Waals surface area (Å²) in [6.45, 7) is 1.82. The number of aromatic amines is 1. The molecule has 0 fully saturated rings. The van der Waals surface area contributed by atoms with E-state index in [0.29, 0.717) is 5.56 Å². The zero-order valence-electron chi connectivity index (χ0n) is 13.1. The van der Waals surface area contributed by atoms with Crippen LogP contribution in [0.4, 0.5) is 8.78 Å². The Morgan fingerprint density at radius 1 is 1.36 bits per heavy atom. The summed E-state index contributed by atoms with van der Waals surface area (Å²) < 4.78 is 37.6. The molecular formula is C17H12F2N2O4. The van der Waals surface area contributed by atoms with Gasteiger partial charge in [-0.15, -0.1) is 0 Å². The Hall–Kier alpha value is -3.21. The molecule has 128 valence electrons. The Morgan fingerprint density at radius 2 is 2.08 bits per heavy atom. The van der Waals surface area contributed by atoms with Gasteiger partial charge >= 0.3 is 5.97 Å². The first kappa shape index (κ1) is 16.6. The fourth-order valence-corrected chi connectivity index (χ4v) is 2.67. The second kappa shape index (κ2) is 6.36. The van der Waals surface area contributed by atoms with Gasteiger partial charge in [-0.3, -0.25) is 9.59 Å². The fourth-order valence-electron chi connectivity index (χ4n) is 2.67. The summed E-state index contributed by atoms with van der Waals surface area (Å²) in [6, 6.07) is 4.76. The van der Waals surface area contributed by atoms with E-state index in [1.165, 1.54) is 6.07 Å². The summed E-state index contributed by atoms with van der Waals surface area (Å²) in [5.74, 6) is -2.80. The maximum atomic E-state index is 13.6. The highest BCUT2D eigenvalue weighted by Crippen LogP contribution is 2.43. The Balaban J connectivity index is 2.17. The summed E-state index contributed by atoms with van der Waals surface area (Å²) in [5.41, 5.74) is -0.215. The number of nitriles is 1. The second-order valence-electron chi connectivity index (χ2n) is 5.33. The number of esters is 1. The average Bonchev–Trinajstić information content (AvgIpc) is 2.56. The van der Waals surface area contributed by atoms with Crippen LogP contribution in [0.15, 0.2) is 23.0 Å². The number of H-pyrrole nitrogens is 1. The normalized spacial score (nSPS) is 14.7. The molecular weight excluding hydrogens is 334 g/mol. The smallest absolute Gasteiger partial charge is 0.309 e. The van der Waals surface area contributed by atoms with Crippen molar-refractivity contribution in [3.63, 3.8) is 0 Å². The van der Waals surface area contributed by atoms with E-state index in [1.807, 2.05) is 0 Å². The number of fused-ring (bicyclic) bond motifs is 3. The number of pyridine rings is 1. The third-order valence-corrected chi connectivity index (χ3v) is 3.76. The van der Waals surface area contributed by atoms with Crippen LogP contribution in [0.25, 0.3) is 11.3 Å². The van der Waals surface area contributed by atoms with Gasteiger partial charge in [-0.2, -0.15) is 5.26 Å². The molecule has 25 heavy (non-hydrogen) atoms. The molecule has 1 atom stereocenters. The molecule has 0 radical (unpaired) electrons. The molecule has 2 heterocycles. The lowest BCUT2D eigenvalue weighted by Gasteiger charge is -2.28. The summed E-state index contributed by atoms with van der Waals surface area (Å²) >= 11 is 0. The van der Waals surface area contributed by atoms with Crippen molar-refractivity contribution in [1.82, 2.24) is 4.98 Å². The van der Waals surface area contributed by atoms with Gasteiger partial charge in [0.1, 0.15) is 23.5 Å². The largest absolute Gasteiger partial charge is 0.484 e. The van der Waals surface area contributed by atoms with Crippen molar-refractivity contribution in [1.29, 1.82) is 5.26 Å². The molecule has 1 aliphatic heterocycles. The topological polar surface area (TPSA) is 92.2 Å². The standard InChI is InChI=1S/C17H12F2N2O4/c1-2-24-15(22)6-14-9-3-8(7-20)17(23)21-16(9)10-4-11(18)12(19)5-13(10)25-14/h3-5,14H,2,6H2,1H3,(H,21,23). The van der Waals surface area contributed by atoms with E-state index in [2.05, 4.69) is 4.98 Å². The first-order chi connectivity index (χ1) is 11.9. The molecule has 0 saturated heterocycles. The molecule has 1 aliphatic rings. The number of nitrogens with zero attached hydrogens (tertiary/aromatic N) is 1. The van der Waals surface area contributed by atoms with Gasteiger partial charge < -0.3 is 14.5 Å². The number of aromatic nitrogens is 1. The minimum absolute atomic E-state index is 0.0129. The van der Waals surface area contributed by atoms with Crippen LogP contribution in [-0.2, 0) is 9.53 Å². The van der Waals surface area contributed by atoms with Gasteiger partial charge in [-0.05, 0) is 19.1 Å². The first-order valence-corrected chi connectivity index (χ1v) is 7.43. The SMILES string of the molecule is CCOC(=O)CC1Oc2cc(F)c(F)cc2-c2[nH]c(=O)c(C#N)cc21. The Labute approximate surface area is 140 Å². The monoisotopic (exact) mass is 346 g/mol. The van der Waals surface area contributed by atoms with E-state index >= 15 is 0 Å². The number of benzene rings is 1. The van der Waals surface area contributed by atoms with E-state index in [9.17, 15) is 18.4 Å². The summed E-state index contributed by atoms with van der Waals surface area (Å²) in [6.07, 6.45) is -1.12. The number of hydrogen-bond acceptors (Lipinski definition) is 5. The lowest BCUT2D eigenvalue weighted by Crippen LogP contribution is -2.23. The van der Waals surface area contributed by atoms with Gasteiger partial charge in [-0.1, -0.05) is 0 Å². The molecule has 0 aliphatic carbocycles. The number of rotatable bonds is 3. The fraction of sp³-hybridized carbons (Fsp3) is 0.235. The highest BCUT2D eigenvalue weighted by molar-refractivity contribution is 5.76. The summed E-state index contributed by atoms with van der Waals surface area (Å²) in [5, 5.41) is 9.04. The number of hydrogen-bond donors (Lipinski definition) is 1. The van der Waals surface area contributed by atoms with Crippen LogP contribution in [0.3, 0.4) is 0 Å². The van der Waals surface area contributed by atoms with Crippen molar-refractivity contribution in [3.05, 3.63) is 51.3 Å². The van der Waals surface area contributed by atoms with Crippen LogP contribution in [0.5, 0.6) is 5.75 Å². The molecule has 1 aromatic heterocycles. The Bertz CT molecular complexity index is 962. The van der Waals surface area contributed by atoms with Crippen LogP contribution in [0, 0.1) is 23.0 Å². The molecule has 6 nitrogen and oxygen atoms in total. The molecule has 0 amide bonds. The highest BCUT2D eigenvalue weighted by atomic mass is 19.2. The maximum absolute atomic E-state index is 13.6. The van der Waals surface area contributed by atoms with Crippen molar-refractivity contribution < 1.29 is 23.0 Å². The number of carbonyl (C=O) groups is 1. The van der Waals surface area contributed by atoms with Crippen molar-refractivity contribution in [2.45, 2.75) is 19.4 Å². The first-order valence-electron chi connectivity index (χ1n) is 7.43. The van der Waals surface area contributed by atoms with Gasteiger partial charge in [0.05, 0.1) is 18.7 Å². The van der Waals surface area contributed by atoms with Crippen LogP contribution < -0.4 is 10.3 Å². The Kier molecular flexibility index (Phi) is 4.23. The molecule has 3 rings (SSSR count). The number of ether oxygens (including phenoxy) is 2. The molecule has 8 heteroatoms. The van der Waals surface area contributed by atoms with Crippen molar-refractivity contribution in [2.75, 3.05) is 6.61 Å². The van der Waals surface area contributed by atoms with E-state index in [-0.39, 0.29) is 35.6 Å². The Morgan fingerprint density at radius 3 is 2.76 bits per heavy atom. The lowest BCUT2D eigenvalue weighted by atomic mass is 9.94. The summed E-state index contributed by atoms with van der Waals surface area (Å²) in [7, 11) is 0. The number of halogens is 2. The van der Waals surface area contributed by atoms with Gasteiger partial charge in [0.25, 0.3) is 5.56 Å². The van der Waals surface area contributed by atoms with Crippen LogP contribution in [-0.4, -0.2) is 17.6 Å². The molecule has 2 aromatic rings. The summed E-state index contributed by atoms with van der Waals surface area (Å²) in [4.78, 5) is 26.2. The van der Waals surface area contributed by atoms with E-state index in [1.54, 1.807) is 13.0 Å². The van der Waals surface area contributed by atoms with Crippen LogP contribution >= 0.6 is 0 Å². The van der Waals surface area contributed by atoms with Gasteiger partial charge in [0.15, 0.2) is 11.6 Å². The predicted octanol–water partition coefficient (Wildman–Crippen LogP) is 2.58. The molecule has 1 aromatic carbocycles. The van der Waals surface area contributed by atoms with Gasteiger partial charge in [0, 0.05) is 17.2 Å².